The molecule has 0 N–H and O–H groups in total. The third-order valence-electron chi connectivity index (χ3n) is 5.37. The van der Waals surface area contributed by atoms with Gasteiger partial charge in [0.2, 0.25) is 0 Å². The van der Waals surface area contributed by atoms with Gasteiger partial charge in [-0.05, 0) is 30.9 Å². The number of sulfonamides is 1. The Morgan fingerprint density at radius 3 is 2.96 bits per heavy atom. The molecule has 1 aromatic carbocycles. The van der Waals surface area contributed by atoms with Gasteiger partial charge in [0, 0.05) is 18.7 Å². The van der Waals surface area contributed by atoms with Gasteiger partial charge in [0.15, 0.2) is 5.84 Å². The van der Waals surface area contributed by atoms with E-state index in [-0.39, 0.29) is 16.8 Å². The molecule has 2 unspecified atom stereocenters. The molecule has 2 atom stereocenters. The molecular formula is C16H18N2O4S. The summed E-state index contributed by atoms with van der Waals surface area (Å²) in [5, 5.41) is 0. The molecule has 1 aliphatic carbocycles. The van der Waals surface area contributed by atoms with Crippen LogP contribution in [0.1, 0.15) is 24.8 Å². The molecule has 0 spiro atoms. The summed E-state index contributed by atoms with van der Waals surface area (Å²) in [6, 6.07) is 6.86. The van der Waals surface area contributed by atoms with Crippen LogP contribution < -0.4 is 0 Å². The van der Waals surface area contributed by atoms with Crippen molar-refractivity contribution in [2.45, 2.75) is 24.2 Å². The fourth-order valence-electron chi connectivity index (χ4n) is 4.30. The van der Waals surface area contributed by atoms with Crippen LogP contribution in [-0.2, 0) is 19.6 Å². The van der Waals surface area contributed by atoms with Gasteiger partial charge in [0.1, 0.15) is 4.90 Å². The summed E-state index contributed by atoms with van der Waals surface area (Å²) in [4.78, 5) is 14.5. The Balaban J connectivity index is 1.73. The minimum atomic E-state index is -3.63. The number of benzene rings is 1. The molecule has 0 bridgehead atoms. The Kier molecular flexibility index (Phi) is 3.07. The molecule has 7 heteroatoms. The van der Waals surface area contributed by atoms with Crippen molar-refractivity contribution in [1.82, 2.24) is 4.90 Å². The standard InChI is InChI=1S/C16H18N2O4S/c1-22-15(19)16-8-4-5-11(16)9-18(10-16)14-12-6-2-3-7-13(12)23(20,21)17-14/h2-3,6-7,11H,4-5,8-10H2,1H3. The number of ether oxygens (including phenoxy) is 1. The monoisotopic (exact) mass is 334 g/mol. The van der Waals surface area contributed by atoms with Crippen LogP contribution in [-0.4, -0.2) is 45.3 Å². The highest BCUT2D eigenvalue weighted by atomic mass is 32.2. The first-order chi connectivity index (χ1) is 11.0. The van der Waals surface area contributed by atoms with Crippen LogP contribution in [0.25, 0.3) is 0 Å². The summed E-state index contributed by atoms with van der Waals surface area (Å²) in [6.07, 6.45) is 2.77. The molecule has 1 aromatic rings. The quantitative estimate of drug-likeness (QED) is 0.726. The maximum absolute atomic E-state index is 12.3. The molecule has 1 saturated heterocycles. The molecule has 0 radical (unpaired) electrons. The van der Waals surface area contributed by atoms with Gasteiger partial charge in [0.25, 0.3) is 10.0 Å². The summed E-state index contributed by atoms with van der Waals surface area (Å²) in [7, 11) is -2.21. The molecule has 3 aliphatic rings. The number of methoxy groups -OCH3 is 1. The highest BCUT2D eigenvalue weighted by molar-refractivity contribution is 7.90. The van der Waals surface area contributed by atoms with Crippen molar-refractivity contribution in [3.8, 4) is 0 Å². The van der Waals surface area contributed by atoms with Crippen LogP contribution >= 0.6 is 0 Å². The maximum atomic E-state index is 12.3. The number of carbonyl (C=O) groups is 1. The fraction of sp³-hybridized carbons (Fsp3) is 0.500. The molecule has 2 heterocycles. The van der Waals surface area contributed by atoms with Crippen molar-refractivity contribution in [1.29, 1.82) is 0 Å². The number of likely N-dealkylation sites (tertiary alicyclic amines) is 1. The van der Waals surface area contributed by atoms with Gasteiger partial charge in [-0.25, -0.2) is 0 Å². The minimum absolute atomic E-state index is 0.183. The minimum Gasteiger partial charge on any atom is -0.469 e. The number of rotatable bonds is 1. The average molecular weight is 334 g/mol. The van der Waals surface area contributed by atoms with Gasteiger partial charge in [-0.1, -0.05) is 18.6 Å². The zero-order chi connectivity index (χ0) is 16.2. The average Bonchev–Trinajstić information content (AvgIpc) is 3.16. The lowest BCUT2D eigenvalue weighted by molar-refractivity contribution is -0.153. The number of esters is 1. The Bertz CT molecular complexity index is 817. The number of amidine groups is 1. The van der Waals surface area contributed by atoms with E-state index < -0.39 is 15.4 Å². The number of hydrogen-bond donors (Lipinski definition) is 0. The fourth-order valence-corrected chi connectivity index (χ4v) is 5.53. The van der Waals surface area contributed by atoms with E-state index in [4.69, 9.17) is 4.74 Å². The first-order valence-electron chi connectivity index (χ1n) is 7.76. The van der Waals surface area contributed by atoms with E-state index >= 15 is 0 Å². The van der Waals surface area contributed by atoms with Gasteiger partial charge in [-0.2, -0.15) is 8.42 Å². The molecular weight excluding hydrogens is 316 g/mol. The number of fused-ring (bicyclic) bond motifs is 2. The summed E-state index contributed by atoms with van der Waals surface area (Å²) < 4.78 is 33.5. The lowest BCUT2D eigenvalue weighted by Gasteiger charge is -2.25. The van der Waals surface area contributed by atoms with Crippen molar-refractivity contribution >= 4 is 21.8 Å². The number of nitrogens with zero attached hydrogens (tertiary/aromatic N) is 2. The van der Waals surface area contributed by atoms with Crippen molar-refractivity contribution < 1.29 is 17.9 Å². The molecule has 2 aliphatic heterocycles. The summed E-state index contributed by atoms with van der Waals surface area (Å²) in [6.45, 7) is 1.13. The lowest BCUT2D eigenvalue weighted by atomic mass is 9.81. The largest absolute Gasteiger partial charge is 0.469 e. The molecule has 0 aromatic heterocycles. The van der Waals surface area contributed by atoms with Crippen LogP contribution in [0.4, 0.5) is 0 Å². The molecule has 4 rings (SSSR count). The van der Waals surface area contributed by atoms with Crippen molar-refractivity contribution in [3.05, 3.63) is 29.8 Å². The number of carbonyl (C=O) groups excluding carboxylic acids is 1. The first-order valence-corrected chi connectivity index (χ1v) is 9.20. The SMILES string of the molecule is COC(=O)C12CCCC1CN(C1=NS(=O)(=O)c3ccccc31)C2. The second-order valence-electron chi connectivity index (χ2n) is 6.50. The zero-order valence-corrected chi connectivity index (χ0v) is 13.7. The van der Waals surface area contributed by atoms with Crippen LogP contribution in [0.5, 0.6) is 0 Å². The second kappa shape index (κ2) is 4.80. The highest BCUT2D eigenvalue weighted by Crippen LogP contribution is 2.50. The summed E-state index contributed by atoms with van der Waals surface area (Å²) >= 11 is 0. The van der Waals surface area contributed by atoms with Crippen molar-refractivity contribution in [3.63, 3.8) is 0 Å². The van der Waals surface area contributed by atoms with Crippen LogP contribution in [0, 0.1) is 11.3 Å². The van der Waals surface area contributed by atoms with E-state index in [1.54, 1.807) is 18.2 Å². The zero-order valence-electron chi connectivity index (χ0n) is 12.9. The Morgan fingerprint density at radius 1 is 1.39 bits per heavy atom. The Morgan fingerprint density at radius 2 is 2.17 bits per heavy atom. The van der Waals surface area contributed by atoms with Gasteiger partial charge in [-0.3, -0.25) is 4.79 Å². The van der Waals surface area contributed by atoms with Gasteiger partial charge >= 0.3 is 5.97 Å². The van der Waals surface area contributed by atoms with E-state index in [9.17, 15) is 13.2 Å². The van der Waals surface area contributed by atoms with Crippen molar-refractivity contribution in [2.75, 3.05) is 20.2 Å². The second-order valence-corrected chi connectivity index (χ2v) is 8.08. The third kappa shape index (κ3) is 1.95. The molecule has 122 valence electrons. The van der Waals surface area contributed by atoms with Crippen LogP contribution in [0.2, 0.25) is 0 Å². The highest BCUT2D eigenvalue weighted by Gasteiger charge is 2.56. The van der Waals surface area contributed by atoms with E-state index in [1.165, 1.54) is 7.11 Å². The maximum Gasteiger partial charge on any atom is 0.313 e. The van der Waals surface area contributed by atoms with E-state index in [0.29, 0.717) is 24.5 Å². The Hall–Kier alpha value is -1.89. The van der Waals surface area contributed by atoms with E-state index in [1.807, 2.05) is 11.0 Å². The predicted molar refractivity (Wildman–Crippen MR) is 83.5 cm³/mol. The smallest absolute Gasteiger partial charge is 0.313 e. The van der Waals surface area contributed by atoms with Crippen molar-refractivity contribution in [2.24, 2.45) is 15.7 Å². The van der Waals surface area contributed by atoms with Gasteiger partial charge in [0.05, 0.1) is 12.5 Å². The van der Waals surface area contributed by atoms with Gasteiger partial charge in [-0.15, -0.1) is 4.40 Å². The Labute approximate surface area is 135 Å². The lowest BCUT2D eigenvalue weighted by Crippen LogP contribution is -2.38. The molecule has 2 fully saturated rings. The number of hydrogen-bond acceptors (Lipinski definition) is 5. The topological polar surface area (TPSA) is 76.0 Å². The molecule has 23 heavy (non-hydrogen) atoms. The third-order valence-corrected chi connectivity index (χ3v) is 6.70. The first kappa shape index (κ1) is 14.7. The molecule has 1 saturated carbocycles. The normalized spacial score (nSPS) is 30.7. The predicted octanol–water partition coefficient (Wildman–Crippen LogP) is 1.41. The summed E-state index contributed by atoms with van der Waals surface area (Å²) in [5.74, 6) is 0.489. The van der Waals surface area contributed by atoms with Crippen LogP contribution in [0.3, 0.4) is 0 Å². The molecule has 0 amide bonds. The van der Waals surface area contributed by atoms with E-state index in [2.05, 4.69) is 4.40 Å². The van der Waals surface area contributed by atoms with E-state index in [0.717, 1.165) is 19.3 Å². The van der Waals surface area contributed by atoms with Crippen LogP contribution in [0.15, 0.2) is 33.6 Å². The van der Waals surface area contributed by atoms with Gasteiger partial charge < -0.3 is 9.64 Å². The molecule has 6 nitrogen and oxygen atoms in total. The summed E-state index contributed by atoms with van der Waals surface area (Å²) in [5.41, 5.74) is 0.117.